The highest BCUT2D eigenvalue weighted by molar-refractivity contribution is 5.97. The van der Waals surface area contributed by atoms with Crippen LogP contribution in [-0.4, -0.2) is 119 Å². The first-order valence-corrected chi connectivity index (χ1v) is 13.4. The second-order valence-electron chi connectivity index (χ2n) is 9.97. The minimum atomic E-state index is -1.65. The van der Waals surface area contributed by atoms with Gasteiger partial charge in [0.15, 0.2) is 0 Å². The number of nitrogens with zero attached hydrogens (tertiary/aromatic N) is 3. The Balaban J connectivity index is 2.27. The summed E-state index contributed by atoms with van der Waals surface area (Å²) < 4.78 is 5.14. The highest BCUT2D eigenvalue weighted by Crippen LogP contribution is 2.11. The van der Waals surface area contributed by atoms with E-state index in [4.69, 9.17) is 21.3 Å². The van der Waals surface area contributed by atoms with E-state index in [0.717, 1.165) is 9.80 Å². The van der Waals surface area contributed by atoms with Gasteiger partial charge in [0.1, 0.15) is 30.9 Å². The van der Waals surface area contributed by atoms with Crippen LogP contribution in [0.3, 0.4) is 0 Å². The number of hydrogen-bond donors (Lipinski definition) is 6. The van der Waals surface area contributed by atoms with Crippen molar-refractivity contribution in [3.8, 4) is 0 Å². The van der Waals surface area contributed by atoms with Gasteiger partial charge in [-0.2, -0.15) is 0 Å². The Kier molecular flexibility index (Phi) is 13.6. The topological polar surface area (TPSA) is 274 Å². The summed E-state index contributed by atoms with van der Waals surface area (Å²) in [6.07, 6.45) is 1.69. The van der Waals surface area contributed by atoms with Gasteiger partial charge in [0.25, 0.3) is 0 Å². The summed E-state index contributed by atoms with van der Waals surface area (Å²) in [5.74, 6) is -6.59. The Labute approximate surface area is 251 Å². The van der Waals surface area contributed by atoms with Crippen LogP contribution in [0.15, 0.2) is 24.5 Å². The number of aromatic nitrogens is 1. The molecule has 1 unspecified atom stereocenters. The highest BCUT2D eigenvalue weighted by Gasteiger charge is 2.34. The molecule has 1 aromatic rings. The second-order valence-corrected chi connectivity index (χ2v) is 9.97. The van der Waals surface area contributed by atoms with E-state index in [1.165, 1.54) is 19.4 Å². The summed E-state index contributed by atoms with van der Waals surface area (Å²) >= 11 is 0. The molecule has 1 aliphatic heterocycles. The van der Waals surface area contributed by atoms with Crippen molar-refractivity contribution in [1.29, 1.82) is 0 Å². The van der Waals surface area contributed by atoms with E-state index >= 15 is 0 Å². The molecule has 1 aromatic heterocycles. The predicted molar refractivity (Wildman–Crippen MR) is 148 cm³/mol. The molecule has 8 N–H and O–H groups in total. The molecule has 1 saturated heterocycles. The van der Waals surface area contributed by atoms with Gasteiger partial charge in [-0.15, -0.1) is 0 Å². The monoisotopic (exact) mass is 620 g/mol. The van der Waals surface area contributed by atoms with Crippen LogP contribution < -0.4 is 27.4 Å². The summed E-state index contributed by atoms with van der Waals surface area (Å²) in [5, 5.41) is 16.3. The van der Waals surface area contributed by atoms with Crippen LogP contribution in [0.4, 0.5) is 0 Å². The molecule has 44 heavy (non-hydrogen) atoms. The van der Waals surface area contributed by atoms with Crippen LogP contribution in [-0.2, 0) is 49.5 Å². The van der Waals surface area contributed by atoms with Crippen LogP contribution in [0.25, 0.3) is 0 Å². The van der Waals surface area contributed by atoms with E-state index < -0.39 is 91.4 Å². The number of aliphatic carboxylic acids is 1. The van der Waals surface area contributed by atoms with Crippen molar-refractivity contribution in [3.05, 3.63) is 30.1 Å². The summed E-state index contributed by atoms with van der Waals surface area (Å²) in [6, 6.07) is -2.20. The van der Waals surface area contributed by atoms with Crippen molar-refractivity contribution in [3.63, 3.8) is 0 Å². The maximum Gasteiger partial charge on any atom is 0.303 e. The minimum absolute atomic E-state index is 0.0889. The van der Waals surface area contributed by atoms with E-state index in [1.807, 2.05) is 0 Å². The average Bonchev–Trinajstić information content (AvgIpc) is 2.97. The first-order chi connectivity index (χ1) is 20.8. The van der Waals surface area contributed by atoms with Gasteiger partial charge in [0.2, 0.25) is 41.9 Å². The van der Waals surface area contributed by atoms with Gasteiger partial charge < -0.3 is 47.1 Å². The number of pyridine rings is 1. The van der Waals surface area contributed by atoms with Crippen molar-refractivity contribution in [2.75, 3.05) is 26.9 Å². The Hall–Kier alpha value is -5.13. The van der Waals surface area contributed by atoms with Gasteiger partial charge in [-0.1, -0.05) is 6.07 Å². The third kappa shape index (κ3) is 11.3. The molecule has 1 aliphatic rings. The zero-order chi connectivity index (χ0) is 32.8. The number of nitrogens with two attached hydrogens (primary N) is 2. The third-order valence-electron chi connectivity index (χ3n) is 6.48. The predicted octanol–water partition coefficient (Wildman–Crippen LogP) is -4.03. The van der Waals surface area contributed by atoms with Crippen LogP contribution in [0.2, 0.25) is 0 Å². The molecule has 0 aliphatic carbocycles. The van der Waals surface area contributed by atoms with Crippen LogP contribution >= 0.6 is 0 Å². The van der Waals surface area contributed by atoms with Gasteiger partial charge in [0.05, 0.1) is 19.6 Å². The lowest BCUT2D eigenvalue weighted by atomic mass is 10.0. The first-order valence-electron chi connectivity index (χ1n) is 13.4. The quantitative estimate of drug-likeness (QED) is 0.0912. The number of carboxylic acids is 1. The smallest absolute Gasteiger partial charge is 0.303 e. The maximum absolute atomic E-state index is 13.4. The molecule has 0 bridgehead atoms. The Morgan fingerprint density at radius 2 is 1.77 bits per heavy atom. The summed E-state index contributed by atoms with van der Waals surface area (Å²) in [7, 11) is 1.29. The van der Waals surface area contributed by atoms with E-state index in [-0.39, 0.29) is 26.2 Å². The number of carboxylic acid groups (broad SMARTS) is 1. The fourth-order valence-electron chi connectivity index (χ4n) is 4.30. The first kappa shape index (κ1) is 35.1. The van der Waals surface area contributed by atoms with Crippen molar-refractivity contribution in [1.82, 2.24) is 30.7 Å². The number of hydrogen-bond acceptors (Lipinski definition) is 10. The number of primary amides is 2. The second kappa shape index (κ2) is 17.1. The molecular weight excluding hydrogens is 584 g/mol. The fourth-order valence-corrected chi connectivity index (χ4v) is 4.30. The van der Waals surface area contributed by atoms with E-state index in [0.29, 0.717) is 12.0 Å². The maximum atomic E-state index is 13.4. The van der Waals surface area contributed by atoms with Crippen molar-refractivity contribution in [2.24, 2.45) is 11.5 Å². The molecule has 7 amide bonds. The lowest BCUT2D eigenvalue weighted by Gasteiger charge is -2.32. The molecule has 240 valence electrons. The molecular formula is C26H36N8O10. The number of ether oxygens (including phenoxy) is 1. The molecule has 18 nitrogen and oxygen atoms in total. The van der Waals surface area contributed by atoms with Crippen LogP contribution in [0.5, 0.6) is 0 Å². The molecule has 0 aromatic carbocycles. The van der Waals surface area contributed by atoms with Crippen LogP contribution in [0, 0.1) is 0 Å². The Bertz CT molecular complexity index is 1230. The van der Waals surface area contributed by atoms with E-state index in [2.05, 4.69) is 20.9 Å². The molecule has 0 radical (unpaired) electrons. The molecule has 2 rings (SSSR count). The zero-order valence-corrected chi connectivity index (χ0v) is 24.0. The summed E-state index contributed by atoms with van der Waals surface area (Å²) in [5.41, 5.74) is 11.0. The average molecular weight is 621 g/mol. The number of likely N-dealkylation sites (N-methyl/N-ethyl adjacent to an activating group) is 1. The molecule has 1 fully saturated rings. The number of carbonyl (C=O) groups is 8. The van der Waals surface area contributed by atoms with E-state index in [9.17, 15) is 38.4 Å². The number of amides is 7. The largest absolute Gasteiger partial charge is 0.481 e. The molecule has 4 atom stereocenters. The lowest BCUT2D eigenvalue weighted by molar-refractivity contribution is -0.146. The van der Waals surface area contributed by atoms with Gasteiger partial charge in [-0.3, -0.25) is 43.3 Å². The number of carbonyl (C=O) groups excluding carboxylic acids is 7. The van der Waals surface area contributed by atoms with Crippen molar-refractivity contribution < 1.29 is 48.2 Å². The van der Waals surface area contributed by atoms with Gasteiger partial charge >= 0.3 is 5.97 Å². The van der Waals surface area contributed by atoms with Gasteiger partial charge in [0, 0.05) is 38.7 Å². The SMILES string of the molecule is CN(CC(N)=O)C(=O)[C@H](Cc1cccnc1)NC(=O)[C@H](CC(N)=O)NC(=O)[C@H](CCC(=O)O)NC(=O)C1CCOCN1C=O. The minimum Gasteiger partial charge on any atom is -0.481 e. The van der Waals surface area contributed by atoms with Gasteiger partial charge in [-0.25, -0.2) is 0 Å². The Morgan fingerprint density at radius 3 is 2.36 bits per heavy atom. The van der Waals surface area contributed by atoms with Gasteiger partial charge in [-0.05, 0) is 18.1 Å². The summed E-state index contributed by atoms with van der Waals surface area (Å²) in [6.45, 7) is -0.468. The standard InChI is InChI=1S/C26H36N8O10/c1-33(12-21(28)37)26(43)18(9-15-3-2-7-29-11-15)32-24(41)17(10-20(27)36)31-23(40)16(4-5-22(38)39)30-25(42)19-6-8-44-14-34(19)13-35/h2-3,7,11,13,16-19H,4-6,8-10,12,14H2,1H3,(H2,27,36)(H2,28,37)(H,30,42)(H,31,40)(H,32,41)(H,38,39)/t16-,17-,18-,19?/m0/s1. The number of rotatable bonds is 17. The summed E-state index contributed by atoms with van der Waals surface area (Å²) in [4.78, 5) is 104. The normalized spacial score (nSPS) is 16.4. The Morgan fingerprint density at radius 1 is 1.09 bits per heavy atom. The third-order valence-corrected chi connectivity index (χ3v) is 6.48. The number of nitrogens with one attached hydrogen (secondary N) is 3. The molecule has 0 spiro atoms. The fraction of sp³-hybridized carbons (Fsp3) is 0.500. The lowest BCUT2D eigenvalue weighted by Crippen LogP contribution is -2.59. The van der Waals surface area contributed by atoms with Crippen LogP contribution in [0.1, 0.15) is 31.2 Å². The van der Waals surface area contributed by atoms with Crippen molar-refractivity contribution in [2.45, 2.75) is 56.3 Å². The molecule has 2 heterocycles. The van der Waals surface area contributed by atoms with Crippen molar-refractivity contribution >= 4 is 47.8 Å². The van der Waals surface area contributed by atoms with E-state index in [1.54, 1.807) is 12.1 Å². The zero-order valence-electron chi connectivity index (χ0n) is 24.0. The molecule has 18 heteroatoms. The highest BCUT2D eigenvalue weighted by atomic mass is 16.5. The molecule has 0 saturated carbocycles.